The SMILES string of the molecule is COc1ccc(-c2cccc(-n3ncc4c(c3=O)C(F)=CC=C(C)C4)c2COC(C)=O)c(C)n1. The van der Waals surface area contributed by atoms with Crippen molar-refractivity contribution in [2.24, 2.45) is 0 Å². The standard InChI is InChI=1S/C26H24FN3O4/c1-15-8-10-22(27)25-18(12-15)13-28-30(26(25)32)23-7-5-6-20(21(23)14-34-17(3)31)19-9-11-24(33-4)29-16(19)2/h5-11,13H,12,14H2,1-4H3. The number of nitrogens with zero attached hydrogens (tertiary/aromatic N) is 3. The second-order valence-electron chi connectivity index (χ2n) is 8.04. The summed E-state index contributed by atoms with van der Waals surface area (Å²) in [5.41, 5.74) is 3.97. The molecule has 0 fully saturated rings. The van der Waals surface area contributed by atoms with E-state index in [1.165, 1.54) is 26.3 Å². The van der Waals surface area contributed by atoms with Crippen LogP contribution in [0.4, 0.5) is 4.39 Å². The van der Waals surface area contributed by atoms with Gasteiger partial charge in [-0.15, -0.1) is 0 Å². The molecule has 0 amide bonds. The molecule has 2 heterocycles. The molecule has 3 aromatic rings. The Morgan fingerprint density at radius 3 is 2.65 bits per heavy atom. The maximum absolute atomic E-state index is 14.9. The Balaban J connectivity index is 1.94. The molecule has 1 aromatic carbocycles. The first-order valence-corrected chi connectivity index (χ1v) is 10.7. The van der Waals surface area contributed by atoms with Crippen molar-refractivity contribution < 1.29 is 18.7 Å². The summed E-state index contributed by atoms with van der Waals surface area (Å²) < 4.78 is 26.6. The van der Waals surface area contributed by atoms with E-state index >= 15 is 0 Å². The molecular formula is C26H24FN3O4. The first kappa shape index (κ1) is 23.1. The fraction of sp³-hybridized carbons (Fsp3) is 0.231. The Labute approximate surface area is 196 Å². The number of ether oxygens (including phenoxy) is 2. The summed E-state index contributed by atoms with van der Waals surface area (Å²) in [6.07, 6.45) is 4.90. The number of fused-ring (bicyclic) bond motifs is 1. The summed E-state index contributed by atoms with van der Waals surface area (Å²) in [6.45, 7) is 4.92. The number of rotatable bonds is 5. The van der Waals surface area contributed by atoms with Gasteiger partial charge in [-0.05, 0) is 49.6 Å². The van der Waals surface area contributed by atoms with E-state index in [9.17, 15) is 14.0 Å². The lowest BCUT2D eigenvalue weighted by molar-refractivity contribution is -0.142. The molecule has 0 radical (unpaired) electrons. The van der Waals surface area contributed by atoms with Gasteiger partial charge in [-0.3, -0.25) is 9.59 Å². The molecule has 0 saturated heterocycles. The molecule has 8 heteroatoms. The largest absolute Gasteiger partial charge is 0.481 e. The summed E-state index contributed by atoms with van der Waals surface area (Å²) >= 11 is 0. The highest BCUT2D eigenvalue weighted by Crippen LogP contribution is 2.32. The first-order chi connectivity index (χ1) is 16.3. The van der Waals surface area contributed by atoms with E-state index in [1.54, 1.807) is 24.3 Å². The number of carbonyl (C=O) groups excluding carboxylic acids is 1. The van der Waals surface area contributed by atoms with Crippen LogP contribution in [-0.4, -0.2) is 27.8 Å². The molecule has 0 atom stereocenters. The third-order valence-corrected chi connectivity index (χ3v) is 5.64. The van der Waals surface area contributed by atoms with Gasteiger partial charge in [0.2, 0.25) is 5.88 Å². The van der Waals surface area contributed by atoms with Crippen LogP contribution in [0.1, 0.15) is 36.2 Å². The highest BCUT2D eigenvalue weighted by atomic mass is 19.1. The van der Waals surface area contributed by atoms with Crippen molar-refractivity contribution in [1.29, 1.82) is 0 Å². The van der Waals surface area contributed by atoms with Crippen LogP contribution in [0.5, 0.6) is 5.88 Å². The number of esters is 1. The topological polar surface area (TPSA) is 83.3 Å². The van der Waals surface area contributed by atoms with Gasteiger partial charge in [0, 0.05) is 29.8 Å². The van der Waals surface area contributed by atoms with E-state index in [-0.39, 0.29) is 12.2 Å². The third-order valence-electron chi connectivity index (χ3n) is 5.64. The van der Waals surface area contributed by atoms with Crippen molar-refractivity contribution in [2.75, 3.05) is 7.11 Å². The molecule has 0 saturated carbocycles. The molecule has 0 unspecified atom stereocenters. The number of allylic oxidation sites excluding steroid dienone is 3. The molecule has 34 heavy (non-hydrogen) atoms. The van der Waals surface area contributed by atoms with Gasteiger partial charge in [0.15, 0.2) is 0 Å². The van der Waals surface area contributed by atoms with E-state index in [1.807, 2.05) is 26.0 Å². The minimum atomic E-state index is -0.610. The van der Waals surface area contributed by atoms with E-state index in [2.05, 4.69) is 10.1 Å². The van der Waals surface area contributed by atoms with Gasteiger partial charge in [0.05, 0.1) is 24.6 Å². The molecular weight excluding hydrogens is 437 g/mol. The van der Waals surface area contributed by atoms with Gasteiger partial charge in [0.1, 0.15) is 12.4 Å². The van der Waals surface area contributed by atoms with Crippen molar-refractivity contribution in [3.63, 3.8) is 0 Å². The number of aryl methyl sites for hydroxylation is 1. The zero-order valence-electron chi connectivity index (χ0n) is 19.4. The smallest absolute Gasteiger partial charge is 0.302 e. The van der Waals surface area contributed by atoms with Crippen LogP contribution >= 0.6 is 0 Å². The van der Waals surface area contributed by atoms with Crippen LogP contribution in [0.3, 0.4) is 0 Å². The number of carbonyl (C=O) groups is 1. The van der Waals surface area contributed by atoms with Gasteiger partial charge in [-0.1, -0.05) is 23.8 Å². The quantitative estimate of drug-likeness (QED) is 0.521. The Bertz CT molecular complexity index is 1410. The second-order valence-corrected chi connectivity index (χ2v) is 8.04. The van der Waals surface area contributed by atoms with Gasteiger partial charge in [-0.2, -0.15) is 9.78 Å². The fourth-order valence-electron chi connectivity index (χ4n) is 3.99. The Hall–Kier alpha value is -4.07. The minimum Gasteiger partial charge on any atom is -0.481 e. The zero-order valence-corrected chi connectivity index (χ0v) is 19.4. The molecule has 0 N–H and O–H groups in total. The zero-order chi connectivity index (χ0) is 24.4. The molecule has 7 nitrogen and oxygen atoms in total. The van der Waals surface area contributed by atoms with E-state index in [0.29, 0.717) is 40.4 Å². The van der Waals surface area contributed by atoms with Crippen molar-refractivity contribution in [3.05, 3.63) is 87.0 Å². The highest BCUT2D eigenvalue weighted by molar-refractivity contribution is 5.74. The summed E-state index contributed by atoms with van der Waals surface area (Å²) in [5, 5.41) is 4.35. The number of hydrogen-bond donors (Lipinski definition) is 0. The minimum absolute atomic E-state index is 0.0192. The molecule has 1 aliphatic rings. The average Bonchev–Trinajstić information content (AvgIpc) is 2.95. The Morgan fingerprint density at radius 1 is 1.15 bits per heavy atom. The Morgan fingerprint density at radius 2 is 1.94 bits per heavy atom. The lowest BCUT2D eigenvalue weighted by atomic mass is 9.97. The molecule has 0 bridgehead atoms. The highest BCUT2D eigenvalue weighted by Gasteiger charge is 2.22. The summed E-state index contributed by atoms with van der Waals surface area (Å²) in [7, 11) is 1.54. The van der Waals surface area contributed by atoms with Crippen LogP contribution in [0, 0.1) is 6.92 Å². The normalized spacial score (nSPS) is 12.9. The van der Waals surface area contributed by atoms with Gasteiger partial charge in [0.25, 0.3) is 5.56 Å². The van der Waals surface area contributed by atoms with Crippen molar-refractivity contribution in [3.8, 4) is 22.7 Å². The van der Waals surface area contributed by atoms with Crippen molar-refractivity contribution >= 4 is 11.8 Å². The number of halogens is 1. The van der Waals surface area contributed by atoms with Gasteiger partial charge < -0.3 is 9.47 Å². The number of hydrogen-bond acceptors (Lipinski definition) is 6. The Kier molecular flexibility index (Phi) is 6.40. The summed E-state index contributed by atoms with van der Waals surface area (Å²) in [6, 6.07) is 8.89. The molecule has 4 rings (SSSR count). The molecule has 174 valence electrons. The van der Waals surface area contributed by atoms with Crippen LogP contribution in [-0.2, 0) is 22.6 Å². The maximum atomic E-state index is 14.9. The van der Waals surface area contributed by atoms with E-state index < -0.39 is 17.4 Å². The molecule has 0 spiro atoms. The van der Waals surface area contributed by atoms with E-state index in [4.69, 9.17) is 9.47 Å². The third kappa shape index (κ3) is 4.39. The van der Waals surface area contributed by atoms with Gasteiger partial charge >= 0.3 is 5.97 Å². The average molecular weight is 461 g/mol. The summed E-state index contributed by atoms with van der Waals surface area (Å²) in [5.74, 6) is -0.613. The first-order valence-electron chi connectivity index (χ1n) is 10.7. The lowest BCUT2D eigenvalue weighted by Gasteiger charge is -2.18. The van der Waals surface area contributed by atoms with Crippen LogP contribution < -0.4 is 10.3 Å². The summed E-state index contributed by atoms with van der Waals surface area (Å²) in [4.78, 5) is 29.5. The monoisotopic (exact) mass is 461 g/mol. The molecule has 2 aromatic heterocycles. The van der Waals surface area contributed by atoms with Crippen LogP contribution in [0.2, 0.25) is 0 Å². The van der Waals surface area contributed by atoms with Crippen LogP contribution in [0.15, 0.2) is 59.0 Å². The predicted octanol–water partition coefficient (Wildman–Crippen LogP) is 4.49. The van der Waals surface area contributed by atoms with Crippen LogP contribution in [0.25, 0.3) is 22.6 Å². The molecule has 0 aliphatic heterocycles. The lowest BCUT2D eigenvalue weighted by Crippen LogP contribution is -2.27. The number of aromatic nitrogens is 3. The maximum Gasteiger partial charge on any atom is 0.302 e. The number of pyridine rings is 1. The van der Waals surface area contributed by atoms with Gasteiger partial charge in [-0.25, -0.2) is 9.37 Å². The number of methoxy groups -OCH3 is 1. The fourth-order valence-corrected chi connectivity index (χ4v) is 3.99. The molecule has 1 aliphatic carbocycles. The van der Waals surface area contributed by atoms with E-state index in [0.717, 1.165) is 15.8 Å². The van der Waals surface area contributed by atoms with Crippen molar-refractivity contribution in [2.45, 2.75) is 33.8 Å². The predicted molar refractivity (Wildman–Crippen MR) is 126 cm³/mol. The van der Waals surface area contributed by atoms with Crippen molar-refractivity contribution in [1.82, 2.24) is 14.8 Å². The second kappa shape index (κ2) is 9.43. The number of benzene rings is 1.